The summed E-state index contributed by atoms with van der Waals surface area (Å²) in [5.41, 5.74) is 6.99. The fraction of sp³-hybridized carbons (Fsp3) is 0.238. The summed E-state index contributed by atoms with van der Waals surface area (Å²) in [5, 5.41) is 7.97. The van der Waals surface area contributed by atoms with Crippen LogP contribution in [-0.4, -0.2) is 24.2 Å². The number of amides is 2. The summed E-state index contributed by atoms with van der Waals surface area (Å²) >= 11 is 4.44. The van der Waals surface area contributed by atoms with Crippen LogP contribution >= 0.6 is 45.2 Å². The molecule has 0 aliphatic rings. The Hall–Kier alpha value is -1.82. The third kappa shape index (κ3) is 9.48. The van der Waals surface area contributed by atoms with E-state index in [0.29, 0.717) is 25.7 Å². The van der Waals surface area contributed by atoms with Gasteiger partial charge in [0.15, 0.2) is 0 Å². The van der Waals surface area contributed by atoms with Gasteiger partial charge in [0.25, 0.3) is 0 Å². The van der Waals surface area contributed by atoms with Crippen molar-refractivity contribution in [1.82, 2.24) is 10.9 Å². The zero-order chi connectivity index (χ0) is 20.9. The topological polar surface area (TPSA) is 82.9 Å². The quantitative estimate of drug-likeness (QED) is 0.179. The number of hydrogen-bond donors (Lipinski definition) is 2. The highest BCUT2D eigenvalue weighted by Gasteiger charge is 2.03. The smallest absolute Gasteiger partial charge is 0.240 e. The summed E-state index contributed by atoms with van der Waals surface area (Å²) < 4.78 is 2.15. The van der Waals surface area contributed by atoms with E-state index < -0.39 is 0 Å². The van der Waals surface area contributed by atoms with Crippen molar-refractivity contribution in [3.8, 4) is 0 Å². The normalized spacial score (nSPS) is 11.1. The van der Waals surface area contributed by atoms with Crippen LogP contribution in [0.2, 0.25) is 0 Å². The molecular weight excluding hydrogens is 594 g/mol. The van der Waals surface area contributed by atoms with E-state index in [1.165, 1.54) is 0 Å². The maximum Gasteiger partial charge on any atom is 0.240 e. The molecule has 2 N–H and O–H groups in total. The zero-order valence-corrected chi connectivity index (χ0v) is 20.1. The molecule has 0 saturated carbocycles. The SMILES string of the molecule is O=C(CCCCCC(=O)NN=Cc1ccccc1I)NN=Cc1ccccc1I. The van der Waals surface area contributed by atoms with Gasteiger partial charge in [-0.1, -0.05) is 42.8 Å². The molecule has 0 aromatic heterocycles. The highest BCUT2D eigenvalue weighted by Crippen LogP contribution is 2.09. The minimum absolute atomic E-state index is 0.126. The fourth-order valence-electron chi connectivity index (χ4n) is 2.37. The standard InChI is InChI=1S/C21H22I2N4O2/c22-18-10-6-4-8-16(18)14-24-26-20(28)12-2-1-3-13-21(29)27-25-15-17-9-5-7-11-19(17)23/h4-11,14-15H,1-3,12-13H2,(H,26,28)(H,27,29). The van der Waals surface area contributed by atoms with Gasteiger partial charge in [0.05, 0.1) is 12.4 Å². The molecule has 29 heavy (non-hydrogen) atoms. The van der Waals surface area contributed by atoms with Crippen LogP contribution in [0.15, 0.2) is 58.7 Å². The van der Waals surface area contributed by atoms with Gasteiger partial charge in [-0.3, -0.25) is 9.59 Å². The molecule has 2 aromatic carbocycles. The summed E-state index contributed by atoms with van der Waals surface area (Å²) in [6.07, 6.45) is 6.26. The van der Waals surface area contributed by atoms with Crippen molar-refractivity contribution in [2.45, 2.75) is 32.1 Å². The summed E-state index contributed by atoms with van der Waals surface area (Å²) in [6, 6.07) is 15.6. The van der Waals surface area contributed by atoms with Gasteiger partial charge in [-0.2, -0.15) is 10.2 Å². The molecule has 6 nitrogen and oxygen atoms in total. The molecule has 0 aliphatic heterocycles. The van der Waals surface area contributed by atoms with Crippen molar-refractivity contribution in [3.63, 3.8) is 0 Å². The van der Waals surface area contributed by atoms with Crippen molar-refractivity contribution >= 4 is 69.4 Å². The lowest BCUT2D eigenvalue weighted by Crippen LogP contribution is -2.18. The Bertz CT molecular complexity index is 813. The molecule has 0 bridgehead atoms. The third-order valence-electron chi connectivity index (χ3n) is 3.90. The summed E-state index contributed by atoms with van der Waals surface area (Å²) in [4.78, 5) is 23.6. The van der Waals surface area contributed by atoms with Crippen LogP contribution in [0.1, 0.15) is 43.2 Å². The van der Waals surface area contributed by atoms with Crippen molar-refractivity contribution in [2.75, 3.05) is 0 Å². The minimum atomic E-state index is -0.126. The molecule has 152 valence electrons. The molecule has 2 aromatic rings. The molecular formula is C21H22I2N4O2. The van der Waals surface area contributed by atoms with Crippen molar-refractivity contribution < 1.29 is 9.59 Å². The molecule has 2 rings (SSSR count). The predicted octanol–water partition coefficient (Wildman–Crippen LogP) is 4.45. The van der Waals surface area contributed by atoms with E-state index >= 15 is 0 Å². The molecule has 0 fully saturated rings. The monoisotopic (exact) mass is 616 g/mol. The van der Waals surface area contributed by atoms with Gasteiger partial charge < -0.3 is 0 Å². The number of rotatable bonds is 10. The molecule has 0 saturated heterocycles. The molecule has 0 aliphatic carbocycles. The molecule has 0 unspecified atom stereocenters. The third-order valence-corrected chi connectivity index (χ3v) is 5.87. The second-order valence-corrected chi connectivity index (χ2v) is 8.51. The number of carbonyl (C=O) groups is 2. The Labute approximate surface area is 197 Å². The van der Waals surface area contributed by atoms with Gasteiger partial charge in [-0.05, 0) is 70.2 Å². The number of carbonyl (C=O) groups excluding carboxylic acids is 2. The van der Waals surface area contributed by atoms with Crippen molar-refractivity contribution in [2.24, 2.45) is 10.2 Å². The second kappa shape index (κ2) is 13.4. The lowest BCUT2D eigenvalue weighted by atomic mass is 10.1. The summed E-state index contributed by atoms with van der Waals surface area (Å²) in [5.74, 6) is -0.252. The number of nitrogens with one attached hydrogen (secondary N) is 2. The van der Waals surface area contributed by atoms with Crippen LogP contribution in [0.5, 0.6) is 0 Å². The molecule has 0 spiro atoms. The molecule has 0 atom stereocenters. The Kier molecular flexibility index (Phi) is 10.8. The number of nitrogens with zero attached hydrogens (tertiary/aromatic N) is 2. The molecule has 8 heteroatoms. The first kappa shape index (κ1) is 23.5. The number of halogens is 2. The fourth-order valence-corrected chi connectivity index (χ4v) is 3.42. The predicted molar refractivity (Wildman–Crippen MR) is 133 cm³/mol. The maximum atomic E-state index is 11.8. The Morgan fingerprint density at radius 2 is 1.14 bits per heavy atom. The van der Waals surface area contributed by atoms with E-state index in [1.54, 1.807) is 12.4 Å². The minimum Gasteiger partial charge on any atom is -0.273 e. The number of hydrazone groups is 2. The van der Waals surface area contributed by atoms with Gasteiger partial charge in [-0.25, -0.2) is 10.9 Å². The maximum absolute atomic E-state index is 11.8. The van der Waals surface area contributed by atoms with Gasteiger partial charge >= 0.3 is 0 Å². The highest BCUT2D eigenvalue weighted by atomic mass is 127. The van der Waals surface area contributed by atoms with Crippen LogP contribution in [0, 0.1) is 7.14 Å². The van der Waals surface area contributed by atoms with Crippen LogP contribution in [-0.2, 0) is 9.59 Å². The highest BCUT2D eigenvalue weighted by molar-refractivity contribution is 14.1. The van der Waals surface area contributed by atoms with E-state index in [4.69, 9.17) is 0 Å². The Morgan fingerprint density at radius 1 is 0.724 bits per heavy atom. The molecule has 0 radical (unpaired) electrons. The van der Waals surface area contributed by atoms with Crippen molar-refractivity contribution in [1.29, 1.82) is 0 Å². The molecule has 2 amide bonds. The number of hydrogen-bond acceptors (Lipinski definition) is 4. The first-order chi connectivity index (χ1) is 14.1. The van der Waals surface area contributed by atoms with Crippen LogP contribution in [0.4, 0.5) is 0 Å². The lowest BCUT2D eigenvalue weighted by molar-refractivity contribution is -0.121. The van der Waals surface area contributed by atoms with Gasteiger partial charge in [-0.15, -0.1) is 0 Å². The van der Waals surface area contributed by atoms with Gasteiger partial charge in [0.1, 0.15) is 0 Å². The van der Waals surface area contributed by atoms with E-state index in [2.05, 4.69) is 66.2 Å². The van der Waals surface area contributed by atoms with E-state index in [-0.39, 0.29) is 11.8 Å². The van der Waals surface area contributed by atoms with Crippen LogP contribution < -0.4 is 10.9 Å². The Balaban J connectivity index is 1.56. The zero-order valence-electron chi connectivity index (χ0n) is 15.8. The molecule has 0 heterocycles. The summed E-state index contributed by atoms with van der Waals surface area (Å²) in [6.45, 7) is 0. The lowest BCUT2D eigenvalue weighted by Gasteiger charge is -2.02. The van der Waals surface area contributed by atoms with Crippen LogP contribution in [0.25, 0.3) is 0 Å². The number of unbranched alkanes of at least 4 members (excludes halogenated alkanes) is 2. The van der Waals surface area contributed by atoms with E-state index in [0.717, 1.165) is 24.7 Å². The first-order valence-electron chi connectivity index (χ1n) is 9.19. The van der Waals surface area contributed by atoms with Crippen molar-refractivity contribution in [3.05, 3.63) is 66.8 Å². The first-order valence-corrected chi connectivity index (χ1v) is 11.3. The van der Waals surface area contributed by atoms with Gasteiger partial charge in [0, 0.05) is 31.1 Å². The average molecular weight is 616 g/mol. The van der Waals surface area contributed by atoms with E-state index in [9.17, 15) is 9.59 Å². The van der Waals surface area contributed by atoms with Crippen LogP contribution in [0.3, 0.4) is 0 Å². The number of benzene rings is 2. The largest absolute Gasteiger partial charge is 0.273 e. The summed E-state index contributed by atoms with van der Waals surface area (Å²) in [7, 11) is 0. The average Bonchev–Trinajstić information content (AvgIpc) is 2.70. The van der Waals surface area contributed by atoms with E-state index in [1.807, 2.05) is 48.5 Å². The Morgan fingerprint density at radius 3 is 1.55 bits per heavy atom. The van der Waals surface area contributed by atoms with Gasteiger partial charge in [0.2, 0.25) is 11.8 Å². The second-order valence-electron chi connectivity index (χ2n) is 6.19.